The molecule has 2 heterocycles. The van der Waals surface area contributed by atoms with Crippen molar-refractivity contribution < 1.29 is 4.79 Å². The fourth-order valence-corrected chi connectivity index (χ4v) is 4.31. The van der Waals surface area contributed by atoms with Gasteiger partial charge in [0.05, 0.1) is 15.1 Å². The Balaban J connectivity index is 1.58. The van der Waals surface area contributed by atoms with Crippen molar-refractivity contribution in [2.24, 2.45) is 0 Å². The Morgan fingerprint density at radius 3 is 2.62 bits per heavy atom. The minimum atomic E-state index is -0.159. The number of hydrogen-bond acceptors (Lipinski definition) is 6. The molecule has 0 spiro atoms. The number of thioether (sulfide) groups is 1. The van der Waals surface area contributed by atoms with Gasteiger partial charge < -0.3 is 0 Å². The van der Waals surface area contributed by atoms with Gasteiger partial charge in [0.25, 0.3) is 5.91 Å². The molecule has 1 N–H and O–H groups in total. The van der Waals surface area contributed by atoms with Crippen LogP contribution in [0.25, 0.3) is 16.3 Å². The number of anilines is 1. The van der Waals surface area contributed by atoms with Crippen molar-refractivity contribution in [2.75, 3.05) is 5.43 Å². The zero-order valence-corrected chi connectivity index (χ0v) is 14.8. The minimum Gasteiger partial charge on any atom is -0.266 e. The van der Waals surface area contributed by atoms with Crippen molar-refractivity contribution in [1.29, 1.82) is 0 Å². The highest BCUT2D eigenvalue weighted by Crippen LogP contribution is 2.34. The Hall–Kier alpha value is -2.22. The predicted molar refractivity (Wildman–Crippen MR) is 105 cm³/mol. The number of nitrogens with one attached hydrogen (secondary N) is 1. The Bertz CT molecular complexity index is 932. The van der Waals surface area contributed by atoms with E-state index in [0.717, 1.165) is 15.8 Å². The molecule has 2 aromatic carbocycles. The van der Waals surface area contributed by atoms with E-state index in [1.807, 2.05) is 60.7 Å². The first-order valence-corrected chi connectivity index (χ1v) is 9.20. The highest BCUT2D eigenvalue weighted by Gasteiger charge is 2.33. The molecule has 1 amide bonds. The molecule has 3 aromatic rings. The lowest BCUT2D eigenvalue weighted by Crippen LogP contribution is -2.33. The molecular formula is C17H11N3OS3. The smallest absolute Gasteiger partial charge is 0.266 e. The molecule has 0 radical (unpaired) electrons. The monoisotopic (exact) mass is 369 g/mol. The normalized spacial score (nSPS) is 16.3. The van der Waals surface area contributed by atoms with Crippen LogP contribution in [-0.4, -0.2) is 20.2 Å². The number of fused-ring (bicyclic) bond motifs is 1. The summed E-state index contributed by atoms with van der Waals surface area (Å²) in [6.45, 7) is 0. The number of amides is 1. The number of hydrogen-bond donors (Lipinski definition) is 1. The molecule has 0 unspecified atom stereocenters. The van der Waals surface area contributed by atoms with E-state index in [2.05, 4.69) is 10.4 Å². The van der Waals surface area contributed by atoms with E-state index in [1.165, 1.54) is 28.1 Å². The summed E-state index contributed by atoms with van der Waals surface area (Å²) in [6.07, 6.45) is 1.85. The molecule has 4 nitrogen and oxygen atoms in total. The summed E-state index contributed by atoms with van der Waals surface area (Å²) in [7, 11) is 0. The van der Waals surface area contributed by atoms with E-state index in [4.69, 9.17) is 12.2 Å². The number of carbonyl (C=O) groups excluding carboxylic acids is 1. The Kier molecular flexibility index (Phi) is 4.05. The van der Waals surface area contributed by atoms with Crippen LogP contribution in [0.1, 0.15) is 5.56 Å². The fourth-order valence-electron chi connectivity index (χ4n) is 2.28. The number of thiazole rings is 1. The molecule has 24 heavy (non-hydrogen) atoms. The Morgan fingerprint density at radius 2 is 1.83 bits per heavy atom. The lowest BCUT2D eigenvalue weighted by molar-refractivity contribution is -0.121. The number of thiocarbonyl (C=S) groups is 1. The molecule has 0 bridgehead atoms. The lowest BCUT2D eigenvalue weighted by atomic mass is 10.2. The summed E-state index contributed by atoms with van der Waals surface area (Å²) in [5, 5.41) is 2.03. The van der Waals surface area contributed by atoms with E-state index in [0.29, 0.717) is 14.4 Å². The maximum absolute atomic E-state index is 12.6. The second-order valence-corrected chi connectivity index (χ2v) is 7.73. The second-order valence-electron chi connectivity index (χ2n) is 5.03. The van der Waals surface area contributed by atoms with Crippen molar-refractivity contribution in [2.45, 2.75) is 0 Å². The van der Waals surface area contributed by atoms with Gasteiger partial charge in [-0.25, -0.2) is 4.98 Å². The topological polar surface area (TPSA) is 45.2 Å². The van der Waals surface area contributed by atoms with Gasteiger partial charge in [-0.1, -0.05) is 65.6 Å². The number of benzene rings is 2. The highest BCUT2D eigenvalue weighted by molar-refractivity contribution is 8.26. The molecule has 4 rings (SSSR count). The van der Waals surface area contributed by atoms with Crippen LogP contribution < -0.4 is 5.43 Å². The third kappa shape index (κ3) is 2.93. The molecular weight excluding hydrogens is 358 g/mol. The van der Waals surface area contributed by atoms with Crippen LogP contribution in [0.4, 0.5) is 5.13 Å². The van der Waals surface area contributed by atoms with Crippen LogP contribution in [0.2, 0.25) is 0 Å². The highest BCUT2D eigenvalue weighted by atomic mass is 32.2. The molecule has 7 heteroatoms. The van der Waals surface area contributed by atoms with Crippen LogP contribution in [0, 0.1) is 0 Å². The quantitative estimate of drug-likeness (QED) is 0.543. The maximum Gasteiger partial charge on any atom is 0.285 e. The third-order valence-electron chi connectivity index (χ3n) is 3.39. The number of aromatic nitrogens is 1. The fraction of sp³-hybridized carbons (Fsp3) is 0. The zero-order chi connectivity index (χ0) is 16.5. The van der Waals surface area contributed by atoms with Crippen LogP contribution in [0.3, 0.4) is 0 Å². The zero-order valence-electron chi connectivity index (χ0n) is 12.3. The molecule has 0 saturated carbocycles. The van der Waals surface area contributed by atoms with Crippen molar-refractivity contribution in [3.63, 3.8) is 0 Å². The largest absolute Gasteiger partial charge is 0.285 e. The molecule has 1 aromatic heterocycles. The number of carbonyl (C=O) groups is 1. The molecule has 0 aliphatic carbocycles. The first-order valence-electron chi connectivity index (χ1n) is 7.16. The van der Waals surface area contributed by atoms with Crippen molar-refractivity contribution >= 4 is 67.0 Å². The first kappa shape index (κ1) is 15.3. The third-order valence-corrected chi connectivity index (χ3v) is 5.64. The average Bonchev–Trinajstić information content (AvgIpc) is 3.12. The molecule has 1 aliphatic heterocycles. The van der Waals surface area contributed by atoms with Crippen LogP contribution >= 0.6 is 35.3 Å². The number of rotatable bonds is 3. The number of hydrazine groups is 1. The molecule has 1 fully saturated rings. The van der Waals surface area contributed by atoms with Crippen molar-refractivity contribution in [3.05, 3.63) is 65.1 Å². The summed E-state index contributed by atoms with van der Waals surface area (Å²) < 4.78 is 1.53. The van der Waals surface area contributed by atoms with Crippen LogP contribution in [-0.2, 0) is 4.79 Å². The van der Waals surface area contributed by atoms with E-state index in [-0.39, 0.29) is 5.91 Å². The molecule has 0 atom stereocenters. The van der Waals surface area contributed by atoms with Gasteiger partial charge in [0, 0.05) is 0 Å². The van der Waals surface area contributed by atoms with E-state index in [1.54, 1.807) is 0 Å². The van der Waals surface area contributed by atoms with Gasteiger partial charge in [-0.15, -0.1) is 0 Å². The van der Waals surface area contributed by atoms with Crippen molar-refractivity contribution in [1.82, 2.24) is 9.99 Å². The Labute approximate surface area is 152 Å². The van der Waals surface area contributed by atoms with E-state index in [9.17, 15) is 4.79 Å². The molecule has 1 saturated heterocycles. The maximum atomic E-state index is 12.6. The summed E-state index contributed by atoms with van der Waals surface area (Å²) in [4.78, 5) is 17.7. The summed E-state index contributed by atoms with van der Waals surface area (Å²) >= 11 is 8.11. The Morgan fingerprint density at radius 1 is 1.08 bits per heavy atom. The summed E-state index contributed by atoms with van der Waals surface area (Å²) in [6, 6.07) is 17.6. The van der Waals surface area contributed by atoms with E-state index >= 15 is 0 Å². The first-order chi connectivity index (χ1) is 11.7. The average molecular weight is 369 g/mol. The summed E-state index contributed by atoms with van der Waals surface area (Å²) in [5.41, 5.74) is 4.90. The predicted octanol–water partition coefficient (Wildman–Crippen LogP) is 4.52. The van der Waals surface area contributed by atoms with Gasteiger partial charge in [0.1, 0.15) is 0 Å². The number of nitrogens with zero attached hydrogens (tertiary/aromatic N) is 2. The van der Waals surface area contributed by atoms with Gasteiger partial charge >= 0.3 is 0 Å². The van der Waals surface area contributed by atoms with Crippen molar-refractivity contribution in [3.8, 4) is 0 Å². The summed E-state index contributed by atoms with van der Waals surface area (Å²) in [5.74, 6) is -0.159. The van der Waals surface area contributed by atoms with Gasteiger partial charge in [-0.3, -0.25) is 10.2 Å². The van der Waals surface area contributed by atoms with Gasteiger partial charge in [0.2, 0.25) is 5.13 Å². The standard InChI is InChI=1S/C17H11N3OS3/c21-15-14(10-11-6-2-1-3-7-11)24-17(22)20(15)19-16-18-12-8-4-5-9-13(12)23-16/h1-10H,(H,18,19)/b14-10-. The van der Waals surface area contributed by atoms with Gasteiger partial charge in [-0.2, -0.15) is 5.01 Å². The lowest BCUT2D eigenvalue weighted by Gasteiger charge is -2.14. The SMILES string of the molecule is O=C1/C(=C/c2ccccc2)SC(=S)N1Nc1nc2ccccc2s1. The van der Waals surface area contributed by atoms with Crippen LogP contribution in [0.5, 0.6) is 0 Å². The number of para-hydroxylation sites is 1. The van der Waals surface area contributed by atoms with Crippen LogP contribution in [0.15, 0.2) is 59.5 Å². The molecule has 118 valence electrons. The molecule has 1 aliphatic rings. The van der Waals surface area contributed by atoms with E-state index < -0.39 is 0 Å². The minimum absolute atomic E-state index is 0.159. The second kappa shape index (κ2) is 6.35. The van der Waals surface area contributed by atoms with Gasteiger partial charge in [0.15, 0.2) is 4.32 Å². The van der Waals surface area contributed by atoms with Gasteiger partial charge in [-0.05, 0) is 36.0 Å².